The Morgan fingerprint density at radius 3 is 2.24 bits per heavy atom. The molecule has 1 saturated heterocycles. The minimum absolute atomic E-state index is 0. The van der Waals surface area contributed by atoms with Crippen molar-refractivity contribution in [3.8, 4) is 0 Å². The van der Waals surface area contributed by atoms with Gasteiger partial charge in [-0.15, -0.1) is 24.0 Å². The maximum atomic E-state index is 11.3. The molecular weight excluding hydrogens is 383 g/mol. The van der Waals surface area contributed by atoms with Crippen molar-refractivity contribution in [1.82, 2.24) is 15.1 Å². The highest BCUT2D eigenvalue weighted by Crippen LogP contribution is 2.31. The number of aliphatic hydroxyl groups is 1. The molecule has 1 aliphatic carbocycles. The monoisotopic (exact) mass is 410 g/mol. The van der Waals surface area contributed by atoms with Crippen molar-refractivity contribution in [3.63, 3.8) is 0 Å². The molecule has 1 amide bonds. The largest absolute Gasteiger partial charge is 0.388 e. The van der Waals surface area contributed by atoms with Gasteiger partial charge in [0.05, 0.1) is 12.1 Å². The predicted molar refractivity (Wildman–Crippen MR) is 94.0 cm³/mol. The van der Waals surface area contributed by atoms with Gasteiger partial charge in [-0.2, -0.15) is 0 Å². The van der Waals surface area contributed by atoms with E-state index in [-0.39, 0.29) is 29.9 Å². The van der Waals surface area contributed by atoms with Crippen molar-refractivity contribution >= 4 is 35.8 Å². The summed E-state index contributed by atoms with van der Waals surface area (Å²) in [5, 5.41) is 13.4. The molecule has 2 fully saturated rings. The SMILES string of the molecule is CCNC(=NCC1(O)CCC1)N1CCN(C(C)=O)CC1.I. The van der Waals surface area contributed by atoms with Crippen LogP contribution in [0.1, 0.15) is 33.1 Å². The molecule has 7 heteroatoms. The Morgan fingerprint density at radius 2 is 1.81 bits per heavy atom. The number of halogens is 1. The molecule has 0 bridgehead atoms. The molecule has 0 radical (unpaired) electrons. The zero-order chi connectivity index (χ0) is 14.6. The summed E-state index contributed by atoms with van der Waals surface area (Å²) >= 11 is 0. The zero-order valence-electron chi connectivity index (χ0n) is 13.0. The lowest BCUT2D eigenvalue weighted by Crippen LogP contribution is -2.54. The number of hydrogen-bond donors (Lipinski definition) is 2. The molecule has 0 aromatic carbocycles. The highest BCUT2D eigenvalue weighted by Gasteiger charge is 2.34. The third-order valence-corrected chi connectivity index (χ3v) is 4.17. The molecule has 2 N–H and O–H groups in total. The molecule has 1 heterocycles. The lowest BCUT2D eigenvalue weighted by atomic mass is 9.80. The quantitative estimate of drug-likeness (QED) is 0.408. The Bertz CT molecular complexity index is 377. The summed E-state index contributed by atoms with van der Waals surface area (Å²) in [5.74, 6) is 0.992. The first-order chi connectivity index (χ1) is 9.54. The van der Waals surface area contributed by atoms with Crippen LogP contribution in [0.5, 0.6) is 0 Å². The van der Waals surface area contributed by atoms with Gasteiger partial charge in [-0.05, 0) is 26.2 Å². The van der Waals surface area contributed by atoms with Gasteiger partial charge in [-0.1, -0.05) is 0 Å². The van der Waals surface area contributed by atoms with E-state index < -0.39 is 5.60 Å². The number of nitrogens with zero attached hydrogens (tertiary/aromatic N) is 3. The number of carbonyl (C=O) groups is 1. The van der Waals surface area contributed by atoms with Gasteiger partial charge in [-0.25, -0.2) is 0 Å². The number of carbonyl (C=O) groups excluding carboxylic acids is 1. The van der Waals surface area contributed by atoms with Crippen LogP contribution >= 0.6 is 24.0 Å². The first kappa shape index (κ1) is 18.5. The van der Waals surface area contributed by atoms with Crippen LogP contribution in [-0.2, 0) is 4.79 Å². The first-order valence-electron chi connectivity index (χ1n) is 7.55. The van der Waals surface area contributed by atoms with E-state index in [4.69, 9.17) is 0 Å². The number of hydrogen-bond acceptors (Lipinski definition) is 3. The van der Waals surface area contributed by atoms with Crippen molar-refractivity contribution in [2.24, 2.45) is 4.99 Å². The highest BCUT2D eigenvalue weighted by atomic mass is 127. The van der Waals surface area contributed by atoms with Crippen molar-refractivity contribution in [1.29, 1.82) is 0 Å². The number of nitrogens with one attached hydrogen (secondary N) is 1. The van der Waals surface area contributed by atoms with E-state index in [9.17, 15) is 9.90 Å². The van der Waals surface area contributed by atoms with E-state index in [0.717, 1.165) is 57.9 Å². The zero-order valence-corrected chi connectivity index (χ0v) is 15.3. The standard InChI is InChI=1S/C14H26N4O2.HI/c1-3-15-13(16-11-14(20)5-4-6-14)18-9-7-17(8-10-18)12(2)19;/h20H,3-11H2,1-2H3,(H,15,16);1H. The molecule has 0 atom stereocenters. The lowest BCUT2D eigenvalue weighted by molar-refractivity contribution is -0.130. The van der Waals surface area contributed by atoms with E-state index in [2.05, 4.69) is 15.2 Å². The summed E-state index contributed by atoms with van der Waals surface area (Å²) in [6.45, 7) is 8.01. The first-order valence-corrected chi connectivity index (χ1v) is 7.55. The maximum absolute atomic E-state index is 11.3. The van der Waals surface area contributed by atoms with Crippen LogP contribution in [0, 0.1) is 0 Å². The normalized spacial score (nSPS) is 21.4. The van der Waals surface area contributed by atoms with Crippen LogP contribution < -0.4 is 5.32 Å². The fraction of sp³-hybridized carbons (Fsp3) is 0.857. The third-order valence-electron chi connectivity index (χ3n) is 4.17. The van der Waals surface area contributed by atoms with Crippen LogP contribution in [0.25, 0.3) is 0 Å². The number of aliphatic imine (C=N–C) groups is 1. The van der Waals surface area contributed by atoms with Crippen molar-refractivity contribution in [2.45, 2.75) is 38.7 Å². The minimum atomic E-state index is -0.581. The van der Waals surface area contributed by atoms with Gasteiger partial charge in [0.15, 0.2) is 5.96 Å². The average Bonchev–Trinajstić information content (AvgIpc) is 2.41. The second-order valence-electron chi connectivity index (χ2n) is 5.74. The summed E-state index contributed by atoms with van der Waals surface area (Å²) in [5.41, 5.74) is -0.581. The van der Waals surface area contributed by atoms with Gasteiger partial charge in [-0.3, -0.25) is 9.79 Å². The number of piperazine rings is 1. The van der Waals surface area contributed by atoms with Crippen molar-refractivity contribution < 1.29 is 9.90 Å². The molecule has 0 unspecified atom stereocenters. The van der Waals surface area contributed by atoms with Crippen molar-refractivity contribution in [3.05, 3.63) is 0 Å². The van der Waals surface area contributed by atoms with Gasteiger partial charge in [0.25, 0.3) is 0 Å². The molecule has 0 spiro atoms. The summed E-state index contributed by atoms with van der Waals surface area (Å²) in [6, 6.07) is 0. The van der Waals surface area contributed by atoms with Crippen LogP contribution in [0.3, 0.4) is 0 Å². The van der Waals surface area contributed by atoms with Gasteiger partial charge in [0.1, 0.15) is 0 Å². The Morgan fingerprint density at radius 1 is 1.24 bits per heavy atom. The maximum Gasteiger partial charge on any atom is 0.219 e. The Labute approximate surface area is 144 Å². The predicted octanol–water partition coefficient (Wildman–Crippen LogP) is 0.649. The molecule has 2 aliphatic rings. The van der Waals surface area contributed by atoms with Crippen LogP contribution in [0.15, 0.2) is 4.99 Å². The van der Waals surface area contributed by atoms with E-state index >= 15 is 0 Å². The average molecular weight is 410 g/mol. The Kier molecular flexibility index (Phi) is 7.19. The molecule has 1 aliphatic heterocycles. The van der Waals surface area contributed by atoms with Gasteiger partial charge in [0, 0.05) is 39.6 Å². The van der Waals surface area contributed by atoms with Crippen molar-refractivity contribution in [2.75, 3.05) is 39.3 Å². The Balaban J connectivity index is 0.00000220. The molecule has 1 saturated carbocycles. The second kappa shape index (κ2) is 8.17. The van der Waals surface area contributed by atoms with E-state index in [1.54, 1.807) is 6.92 Å². The van der Waals surface area contributed by atoms with Gasteiger partial charge in [0.2, 0.25) is 5.91 Å². The fourth-order valence-electron chi connectivity index (χ4n) is 2.62. The molecule has 0 aromatic rings. The Hall–Kier alpha value is -0.570. The topological polar surface area (TPSA) is 68.2 Å². The van der Waals surface area contributed by atoms with E-state index in [0.29, 0.717) is 6.54 Å². The third kappa shape index (κ3) is 4.98. The molecule has 6 nitrogen and oxygen atoms in total. The molecule has 0 aromatic heterocycles. The number of amides is 1. The lowest BCUT2D eigenvalue weighted by Gasteiger charge is -2.38. The highest BCUT2D eigenvalue weighted by molar-refractivity contribution is 14.0. The van der Waals surface area contributed by atoms with Crippen LogP contribution in [0.4, 0.5) is 0 Å². The van der Waals surface area contributed by atoms with E-state index in [1.807, 2.05) is 11.8 Å². The molecular formula is C14H27IN4O2. The number of rotatable bonds is 3. The molecule has 21 heavy (non-hydrogen) atoms. The smallest absolute Gasteiger partial charge is 0.219 e. The van der Waals surface area contributed by atoms with Gasteiger partial charge < -0.3 is 20.2 Å². The summed E-state index contributed by atoms with van der Waals surface area (Å²) in [6.07, 6.45) is 2.81. The summed E-state index contributed by atoms with van der Waals surface area (Å²) < 4.78 is 0. The second-order valence-corrected chi connectivity index (χ2v) is 5.74. The molecule has 122 valence electrons. The van der Waals surface area contributed by atoms with Gasteiger partial charge >= 0.3 is 0 Å². The number of guanidine groups is 1. The van der Waals surface area contributed by atoms with Crippen LogP contribution in [-0.4, -0.2) is 71.6 Å². The van der Waals surface area contributed by atoms with Crippen LogP contribution in [0.2, 0.25) is 0 Å². The minimum Gasteiger partial charge on any atom is -0.388 e. The molecule has 2 rings (SSSR count). The summed E-state index contributed by atoms with van der Waals surface area (Å²) in [7, 11) is 0. The fourth-order valence-corrected chi connectivity index (χ4v) is 2.62. The summed E-state index contributed by atoms with van der Waals surface area (Å²) in [4.78, 5) is 19.9. The van der Waals surface area contributed by atoms with E-state index in [1.165, 1.54) is 0 Å².